The minimum atomic E-state index is -1.22. The maximum absolute atomic E-state index is 13.6. The fourth-order valence-corrected chi connectivity index (χ4v) is 5.88. The van der Waals surface area contributed by atoms with E-state index in [4.69, 9.17) is 12.2 Å². The summed E-state index contributed by atoms with van der Waals surface area (Å²) in [6.07, 6.45) is 5.76. The van der Waals surface area contributed by atoms with Gasteiger partial charge in [0.15, 0.2) is 0 Å². The molecule has 1 aliphatic heterocycles. The number of amides is 3. The Hall–Kier alpha value is -4.16. The van der Waals surface area contributed by atoms with Gasteiger partial charge in [-0.15, -0.1) is 0 Å². The molecular weight excluding hydrogens is 690 g/mol. The van der Waals surface area contributed by atoms with Crippen molar-refractivity contribution in [3.05, 3.63) is 101 Å². The summed E-state index contributed by atoms with van der Waals surface area (Å²) < 4.78 is 19.6. The van der Waals surface area contributed by atoms with Crippen LogP contribution in [0.5, 0.6) is 5.75 Å². The molecule has 9 nitrogen and oxygen atoms in total. The summed E-state index contributed by atoms with van der Waals surface area (Å²) in [5.41, 5.74) is 2.97. The zero-order chi connectivity index (χ0) is 39.0. The summed E-state index contributed by atoms with van der Waals surface area (Å²) in [7, 11) is 5.53. The molecule has 0 aliphatic carbocycles. The van der Waals surface area contributed by atoms with Crippen LogP contribution in [0.2, 0.25) is 0 Å². The fourth-order valence-electron chi connectivity index (χ4n) is 5.88. The molecule has 3 aromatic carbocycles. The standard InChI is InChI=1S/C38H47BFN4O5.C2H6.CH4S/c1-26-12-15-32(49-20-18-29-10-6-19-41-24-29)22-30(26)25-42-37(47)33(16-13-27-7-3-2-4-8-27)44-38(48)34(23-35(39)45)43-36(46)17-14-28-9-5-11-31(40)21-28;2*1-2/h2-5,7-9,11-12,15,21-22,29,33-34,41,45H,6,10,13-14,16-20,23-25H2,1H3,(H,42,47)(H,43,46)(H,44,48);1-2H3;2H,1H3/t29?,33?,34-;;/m0../s1. The van der Waals surface area contributed by atoms with E-state index in [-0.39, 0.29) is 32.2 Å². The molecule has 1 radical (unpaired) electrons. The molecule has 0 spiro atoms. The second-order valence-corrected chi connectivity index (χ2v) is 12.7. The predicted molar refractivity (Wildman–Crippen MR) is 216 cm³/mol. The Balaban J connectivity index is 0.00000235. The molecule has 3 amide bonds. The molecule has 1 heterocycles. The molecule has 3 atom stereocenters. The van der Waals surface area contributed by atoms with Crippen molar-refractivity contribution in [1.82, 2.24) is 21.3 Å². The predicted octanol–water partition coefficient (Wildman–Crippen LogP) is 5.39. The molecule has 1 saturated heterocycles. The van der Waals surface area contributed by atoms with Gasteiger partial charge in [0.25, 0.3) is 0 Å². The molecule has 1 aliphatic rings. The Morgan fingerprint density at radius 1 is 0.962 bits per heavy atom. The Morgan fingerprint density at radius 2 is 1.70 bits per heavy atom. The SMILES string of the molecule is CC.CS.[B]=C(O)C[C@H](NC(=O)CCc1cccc(F)c1)C(=O)NC(CCc1ccccc1)C(=O)NCc1cc(OCCC2CCCNC2)ccc1C. The van der Waals surface area contributed by atoms with Gasteiger partial charge in [-0.05, 0) is 50.6 Å². The van der Waals surface area contributed by atoms with Gasteiger partial charge in [-0.1, -0.05) is 13.8 Å². The van der Waals surface area contributed by atoms with E-state index in [0.29, 0.717) is 24.5 Å². The van der Waals surface area contributed by atoms with E-state index in [0.717, 1.165) is 42.0 Å². The van der Waals surface area contributed by atoms with Crippen LogP contribution in [0.3, 0.4) is 0 Å². The number of halogens is 1. The number of carbonyl (C=O) groups is 3. The molecule has 2 unspecified atom stereocenters. The number of aliphatic hydroxyl groups excluding tert-OH is 1. The number of aryl methyl sites for hydroxylation is 3. The molecule has 0 saturated carbocycles. The number of nitrogens with one attached hydrogen (secondary N) is 4. The molecule has 53 heavy (non-hydrogen) atoms. The van der Waals surface area contributed by atoms with Gasteiger partial charge >= 0.3 is 229 Å². The van der Waals surface area contributed by atoms with Crippen LogP contribution in [0.4, 0.5) is 4.39 Å². The van der Waals surface area contributed by atoms with Crippen molar-refractivity contribution in [3.63, 3.8) is 0 Å². The minimum absolute atomic E-state index is 0.0175. The van der Waals surface area contributed by atoms with Gasteiger partial charge in [0, 0.05) is 0 Å². The van der Waals surface area contributed by atoms with Crippen molar-refractivity contribution in [3.8, 4) is 5.75 Å². The zero-order valence-corrected chi connectivity index (χ0v) is 32.5. The van der Waals surface area contributed by atoms with E-state index >= 15 is 0 Å². The first kappa shape index (κ1) is 45.0. The van der Waals surface area contributed by atoms with Crippen molar-refractivity contribution in [2.24, 2.45) is 5.92 Å². The van der Waals surface area contributed by atoms with E-state index in [1.807, 2.05) is 69.3 Å². The molecule has 5 N–H and O–H groups in total. The summed E-state index contributed by atoms with van der Waals surface area (Å²) in [4.78, 5) is 39.9. The third-order valence-electron chi connectivity index (χ3n) is 8.76. The Labute approximate surface area is 321 Å². The number of hydrogen-bond donors (Lipinski definition) is 6. The summed E-state index contributed by atoms with van der Waals surface area (Å²) in [5, 5.41) is 21.6. The van der Waals surface area contributed by atoms with E-state index in [9.17, 15) is 23.9 Å². The maximum atomic E-state index is 13.6. The first-order valence-electron chi connectivity index (χ1n) is 18.5. The Morgan fingerprint density at radius 3 is 2.38 bits per heavy atom. The van der Waals surface area contributed by atoms with Crippen LogP contribution in [-0.4, -0.2) is 74.0 Å². The number of rotatable bonds is 18. The average molecular weight is 748 g/mol. The molecule has 1 fully saturated rings. The quantitative estimate of drug-likeness (QED) is 0.0766. The van der Waals surface area contributed by atoms with E-state index < -0.39 is 41.3 Å². The topological polar surface area (TPSA) is 129 Å². The molecular formula is C41H57BFN4O5S. The van der Waals surface area contributed by atoms with Gasteiger partial charge in [0.2, 0.25) is 0 Å². The van der Waals surface area contributed by atoms with E-state index in [2.05, 4.69) is 33.9 Å². The van der Waals surface area contributed by atoms with Crippen molar-refractivity contribution >= 4 is 43.5 Å². The van der Waals surface area contributed by atoms with Crippen molar-refractivity contribution < 1.29 is 28.6 Å². The number of piperidine rings is 1. The van der Waals surface area contributed by atoms with Crippen molar-refractivity contribution in [1.29, 1.82) is 0 Å². The third kappa shape index (κ3) is 17.5. The normalized spacial score (nSPS) is 14.5. The van der Waals surface area contributed by atoms with Crippen LogP contribution in [0, 0.1) is 18.7 Å². The molecule has 0 bridgehead atoms. The van der Waals surface area contributed by atoms with Gasteiger partial charge in [0.1, 0.15) is 0 Å². The average Bonchev–Trinajstić information content (AvgIpc) is 3.17. The first-order chi connectivity index (χ1) is 25.7. The van der Waals surface area contributed by atoms with Crippen molar-refractivity contribution in [2.75, 3.05) is 26.0 Å². The second kappa shape index (κ2) is 25.8. The van der Waals surface area contributed by atoms with Gasteiger partial charge in [-0.3, -0.25) is 0 Å². The monoisotopic (exact) mass is 747 g/mol. The molecule has 3 aromatic rings. The molecule has 0 aromatic heterocycles. The summed E-state index contributed by atoms with van der Waals surface area (Å²) >= 11 is 3.53. The van der Waals surface area contributed by atoms with Crippen LogP contribution in [0.15, 0.2) is 72.8 Å². The van der Waals surface area contributed by atoms with E-state index in [1.54, 1.807) is 18.4 Å². The number of hydrogen-bond acceptors (Lipinski definition) is 7. The van der Waals surface area contributed by atoms with Gasteiger partial charge in [0.05, 0.1) is 6.61 Å². The molecule has 4 rings (SSSR count). The van der Waals surface area contributed by atoms with Crippen LogP contribution in [-0.2, 0) is 33.8 Å². The number of thiol groups is 1. The molecule has 12 heteroatoms. The van der Waals surface area contributed by atoms with Crippen LogP contribution in [0.25, 0.3) is 0 Å². The number of benzene rings is 3. The summed E-state index contributed by atoms with van der Waals surface area (Å²) in [5.74, 6) is -0.594. The zero-order valence-electron chi connectivity index (χ0n) is 31.6. The third-order valence-corrected chi connectivity index (χ3v) is 8.76. The second-order valence-electron chi connectivity index (χ2n) is 12.7. The van der Waals surface area contributed by atoms with Gasteiger partial charge < -0.3 is 10.1 Å². The molecule has 287 valence electrons. The Bertz CT molecular complexity index is 1560. The summed E-state index contributed by atoms with van der Waals surface area (Å²) in [6, 6.07) is 19.2. The van der Waals surface area contributed by atoms with Crippen LogP contribution in [0.1, 0.15) is 74.6 Å². The van der Waals surface area contributed by atoms with Crippen molar-refractivity contribution in [2.45, 2.75) is 90.8 Å². The van der Waals surface area contributed by atoms with E-state index in [1.165, 1.54) is 25.0 Å². The first-order valence-corrected chi connectivity index (χ1v) is 19.4. The van der Waals surface area contributed by atoms with Crippen LogP contribution >= 0.6 is 12.6 Å². The Kier molecular flexibility index (Phi) is 21.9. The number of carbonyl (C=O) groups excluding carboxylic acids is 3. The number of ether oxygens (including phenoxy) is 1. The van der Waals surface area contributed by atoms with Gasteiger partial charge in [-0.2, -0.15) is 12.6 Å². The summed E-state index contributed by atoms with van der Waals surface area (Å²) in [6.45, 7) is 8.90. The number of aliphatic hydroxyl groups is 1. The fraction of sp³-hybridized carbons (Fsp3) is 0.463. The van der Waals surface area contributed by atoms with Crippen LogP contribution < -0.4 is 26.0 Å². The van der Waals surface area contributed by atoms with Gasteiger partial charge in [-0.25, -0.2) is 0 Å².